The number of nitrogens with zero attached hydrogens (tertiary/aromatic N) is 2. The second kappa shape index (κ2) is 8.12. The summed E-state index contributed by atoms with van der Waals surface area (Å²) in [6.07, 6.45) is 3.75. The number of carbonyl (C=O) groups excluding carboxylic acids is 1. The van der Waals surface area contributed by atoms with Crippen molar-refractivity contribution in [1.29, 1.82) is 0 Å². The van der Waals surface area contributed by atoms with E-state index in [1.54, 1.807) is 13.3 Å². The molecular formula is C17H21N3O3S. The maximum atomic E-state index is 12.2. The number of piperidine rings is 1. The van der Waals surface area contributed by atoms with Gasteiger partial charge in [0.05, 0.1) is 13.7 Å². The van der Waals surface area contributed by atoms with E-state index in [1.165, 1.54) is 11.3 Å². The lowest BCUT2D eigenvalue weighted by Crippen LogP contribution is -2.42. The third-order valence-corrected chi connectivity index (χ3v) is 4.59. The molecule has 24 heavy (non-hydrogen) atoms. The van der Waals surface area contributed by atoms with Crippen LogP contribution in [0.2, 0.25) is 0 Å². The summed E-state index contributed by atoms with van der Waals surface area (Å²) in [5.74, 6) is 0.718. The first kappa shape index (κ1) is 16.7. The summed E-state index contributed by atoms with van der Waals surface area (Å²) in [5.41, 5.74) is 0.751. The summed E-state index contributed by atoms with van der Waals surface area (Å²) < 4.78 is 11.0. The molecule has 1 N–H and O–H groups in total. The Labute approximate surface area is 145 Å². The summed E-state index contributed by atoms with van der Waals surface area (Å²) >= 11 is 1.51. The van der Waals surface area contributed by atoms with Crippen LogP contribution in [0.15, 0.2) is 35.8 Å². The van der Waals surface area contributed by atoms with Gasteiger partial charge in [-0.25, -0.2) is 4.98 Å². The number of hydrogen-bond acceptors (Lipinski definition) is 6. The molecule has 0 bridgehead atoms. The molecule has 3 rings (SSSR count). The van der Waals surface area contributed by atoms with Gasteiger partial charge in [-0.2, -0.15) is 0 Å². The Balaban J connectivity index is 1.42. The van der Waals surface area contributed by atoms with Crippen LogP contribution in [-0.2, 0) is 4.79 Å². The lowest BCUT2D eigenvalue weighted by molar-refractivity contribution is -0.117. The first-order chi connectivity index (χ1) is 11.7. The average Bonchev–Trinajstić information content (AvgIpc) is 3.10. The predicted octanol–water partition coefficient (Wildman–Crippen LogP) is 2.63. The van der Waals surface area contributed by atoms with Gasteiger partial charge >= 0.3 is 0 Å². The summed E-state index contributed by atoms with van der Waals surface area (Å²) in [5, 5.41) is 5.55. The average molecular weight is 347 g/mol. The van der Waals surface area contributed by atoms with Crippen LogP contribution in [-0.4, -0.2) is 48.6 Å². The Morgan fingerprint density at radius 3 is 2.96 bits per heavy atom. The molecule has 1 amide bonds. The highest BCUT2D eigenvalue weighted by Crippen LogP contribution is 2.21. The number of methoxy groups -OCH3 is 1. The SMILES string of the molecule is COc1cccc(NC(=O)CN2CCC(Oc3nccs3)CC2)c1. The Kier molecular flexibility index (Phi) is 5.66. The minimum absolute atomic E-state index is 0.0115. The van der Waals surface area contributed by atoms with Crippen molar-refractivity contribution in [2.45, 2.75) is 18.9 Å². The van der Waals surface area contributed by atoms with Gasteiger partial charge in [-0.1, -0.05) is 17.4 Å². The van der Waals surface area contributed by atoms with Gasteiger partial charge < -0.3 is 14.8 Å². The van der Waals surface area contributed by atoms with E-state index in [4.69, 9.17) is 9.47 Å². The zero-order valence-corrected chi connectivity index (χ0v) is 14.4. The van der Waals surface area contributed by atoms with Crippen molar-refractivity contribution < 1.29 is 14.3 Å². The number of anilines is 1. The van der Waals surface area contributed by atoms with Crippen LogP contribution in [0.25, 0.3) is 0 Å². The van der Waals surface area contributed by atoms with Crippen LogP contribution >= 0.6 is 11.3 Å². The highest BCUT2D eigenvalue weighted by molar-refractivity contribution is 7.11. The van der Waals surface area contributed by atoms with Crippen LogP contribution < -0.4 is 14.8 Å². The summed E-state index contributed by atoms with van der Waals surface area (Å²) in [6.45, 7) is 2.09. The van der Waals surface area contributed by atoms with E-state index in [1.807, 2.05) is 29.6 Å². The smallest absolute Gasteiger partial charge is 0.273 e. The molecule has 1 aliphatic heterocycles. The molecule has 2 heterocycles. The Hall–Kier alpha value is -2.12. The first-order valence-corrected chi connectivity index (χ1v) is 8.83. The minimum atomic E-state index is -0.0115. The van der Waals surface area contributed by atoms with Gasteiger partial charge in [-0.3, -0.25) is 9.69 Å². The number of nitrogens with one attached hydrogen (secondary N) is 1. The van der Waals surface area contributed by atoms with Crippen molar-refractivity contribution in [2.24, 2.45) is 0 Å². The summed E-state index contributed by atoms with van der Waals surface area (Å²) in [7, 11) is 1.61. The maximum Gasteiger partial charge on any atom is 0.273 e. The number of rotatable bonds is 6. The standard InChI is InChI=1S/C17H21N3O3S/c1-22-15-4-2-3-13(11-15)19-16(21)12-20-8-5-14(6-9-20)23-17-18-7-10-24-17/h2-4,7,10-11,14H,5-6,8-9,12H2,1H3,(H,19,21). The number of thiazole rings is 1. The van der Waals surface area contributed by atoms with Crippen molar-refractivity contribution in [1.82, 2.24) is 9.88 Å². The molecule has 0 aliphatic carbocycles. The maximum absolute atomic E-state index is 12.2. The van der Waals surface area contributed by atoms with Gasteiger partial charge in [0.25, 0.3) is 5.19 Å². The molecule has 0 radical (unpaired) electrons. The lowest BCUT2D eigenvalue weighted by atomic mass is 10.1. The van der Waals surface area contributed by atoms with E-state index in [2.05, 4.69) is 15.2 Å². The number of ether oxygens (including phenoxy) is 2. The van der Waals surface area contributed by atoms with E-state index >= 15 is 0 Å². The molecular weight excluding hydrogens is 326 g/mol. The highest BCUT2D eigenvalue weighted by atomic mass is 32.1. The monoisotopic (exact) mass is 347 g/mol. The quantitative estimate of drug-likeness (QED) is 0.870. The number of benzene rings is 1. The van der Waals surface area contributed by atoms with Crippen molar-refractivity contribution in [2.75, 3.05) is 32.1 Å². The Morgan fingerprint density at radius 2 is 2.25 bits per heavy atom. The number of hydrogen-bond donors (Lipinski definition) is 1. The van der Waals surface area contributed by atoms with Gasteiger partial charge in [-0.05, 0) is 25.0 Å². The van der Waals surface area contributed by atoms with E-state index in [9.17, 15) is 4.79 Å². The lowest BCUT2D eigenvalue weighted by Gasteiger charge is -2.30. The molecule has 1 aromatic heterocycles. The summed E-state index contributed by atoms with van der Waals surface area (Å²) in [6, 6.07) is 7.37. The van der Waals surface area contributed by atoms with Crippen LogP contribution in [0.3, 0.4) is 0 Å². The van der Waals surface area contributed by atoms with Crippen molar-refractivity contribution >= 4 is 22.9 Å². The zero-order chi connectivity index (χ0) is 16.8. The van der Waals surface area contributed by atoms with Gasteiger partial charge in [0.15, 0.2) is 0 Å². The molecule has 0 unspecified atom stereocenters. The number of likely N-dealkylation sites (tertiary alicyclic amines) is 1. The number of aromatic nitrogens is 1. The van der Waals surface area contributed by atoms with Gasteiger partial charge in [0, 0.05) is 36.4 Å². The second-order valence-electron chi connectivity index (χ2n) is 5.67. The van der Waals surface area contributed by atoms with Crippen LogP contribution in [0, 0.1) is 0 Å². The molecule has 0 spiro atoms. The molecule has 0 atom stereocenters. The molecule has 1 fully saturated rings. The fourth-order valence-corrected chi connectivity index (χ4v) is 3.25. The Bertz CT molecular complexity index is 655. The van der Waals surface area contributed by atoms with Crippen molar-refractivity contribution in [3.63, 3.8) is 0 Å². The van der Waals surface area contributed by atoms with E-state index in [-0.39, 0.29) is 12.0 Å². The van der Waals surface area contributed by atoms with E-state index in [0.29, 0.717) is 6.54 Å². The van der Waals surface area contributed by atoms with Gasteiger partial charge in [-0.15, -0.1) is 0 Å². The van der Waals surface area contributed by atoms with Crippen LogP contribution in [0.1, 0.15) is 12.8 Å². The molecule has 7 heteroatoms. The third-order valence-electron chi connectivity index (χ3n) is 3.93. The largest absolute Gasteiger partial charge is 0.497 e. The van der Waals surface area contributed by atoms with E-state index in [0.717, 1.165) is 42.6 Å². The van der Waals surface area contributed by atoms with Crippen molar-refractivity contribution in [3.05, 3.63) is 35.8 Å². The minimum Gasteiger partial charge on any atom is -0.497 e. The Morgan fingerprint density at radius 1 is 1.42 bits per heavy atom. The number of carbonyl (C=O) groups is 1. The normalized spacial score (nSPS) is 15.9. The van der Waals surface area contributed by atoms with Gasteiger partial charge in [0.2, 0.25) is 5.91 Å². The number of amides is 1. The fourth-order valence-electron chi connectivity index (χ4n) is 2.70. The van der Waals surface area contributed by atoms with Crippen molar-refractivity contribution in [3.8, 4) is 10.9 Å². The molecule has 0 saturated carbocycles. The second-order valence-corrected chi connectivity index (χ2v) is 6.53. The zero-order valence-electron chi connectivity index (χ0n) is 13.6. The van der Waals surface area contributed by atoms with Crippen LogP contribution in [0.4, 0.5) is 5.69 Å². The third kappa shape index (κ3) is 4.69. The molecule has 6 nitrogen and oxygen atoms in total. The molecule has 1 aliphatic rings. The van der Waals surface area contributed by atoms with Crippen LogP contribution in [0.5, 0.6) is 10.9 Å². The first-order valence-electron chi connectivity index (χ1n) is 7.95. The molecule has 128 valence electrons. The molecule has 1 aromatic carbocycles. The predicted molar refractivity (Wildman–Crippen MR) is 93.8 cm³/mol. The molecule has 2 aromatic rings. The molecule has 1 saturated heterocycles. The van der Waals surface area contributed by atoms with Gasteiger partial charge in [0.1, 0.15) is 11.9 Å². The van der Waals surface area contributed by atoms with E-state index < -0.39 is 0 Å². The fraction of sp³-hybridized carbons (Fsp3) is 0.412. The topological polar surface area (TPSA) is 63.7 Å². The summed E-state index contributed by atoms with van der Waals surface area (Å²) in [4.78, 5) is 18.5. The highest BCUT2D eigenvalue weighted by Gasteiger charge is 2.22.